The summed E-state index contributed by atoms with van der Waals surface area (Å²) in [7, 11) is 1.66. The molecule has 0 aromatic carbocycles. The quantitative estimate of drug-likeness (QED) is 0.545. The largest absolute Gasteiger partial charge is 0.366 e. The molecule has 10 heavy (non-hydrogen) atoms. The summed E-state index contributed by atoms with van der Waals surface area (Å²) >= 11 is 0. The van der Waals surface area contributed by atoms with Gasteiger partial charge in [-0.15, -0.1) is 6.42 Å². The lowest BCUT2D eigenvalue weighted by Crippen LogP contribution is -2.26. The lowest BCUT2D eigenvalue weighted by atomic mass is 9.95. The summed E-state index contributed by atoms with van der Waals surface area (Å²) in [5.41, 5.74) is -0.367. The van der Waals surface area contributed by atoms with E-state index in [0.29, 0.717) is 5.92 Å². The van der Waals surface area contributed by atoms with E-state index < -0.39 is 0 Å². The van der Waals surface area contributed by atoms with Crippen molar-refractivity contribution >= 4 is 0 Å². The summed E-state index contributed by atoms with van der Waals surface area (Å²) in [5.74, 6) is 3.22. The van der Waals surface area contributed by atoms with Crippen molar-refractivity contribution in [2.45, 2.75) is 32.8 Å². The highest BCUT2D eigenvalue weighted by molar-refractivity contribution is 5.05. The topological polar surface area (TPSA) is 9.23 Å². The van der Waals surface area contributed by atoms with Crippen LogP contribution in [0.15, 0.2) is 0 Å². The van der Waals surface area contributed by atoms with Crippen LogP contribution in [0.1, 0.15) is 27.2 Å². The van der Waals surface area contributed by atoms with Crippen molar-refractivity contribution in [2.24, 2.45) is 5.92 Å². The van der Waals surface area contributed by atoms with Crippen molar-refractivity contribution in [1.29, 1.82) is 0 Å². The molecule has 0 aromatic heterocycles. The van der Waals surface area contributed by atoms with Gasteiger partial charge in [0, 0.05) is 7.11 Å². The molecule has 0 aliphatic rings. The fraction of sp³-hybridized carbons (Fsp3) is 0.778. The lowest BCUT2D eigenvalue weighted by Gasteiger charge is -2.23. The molecule has 0 fully saturated rings. The zero-order valence-electron chi connectivity index (χ0n) is 7.27. The number of ether oxygens (including phenoxy) is 1. The van der Waals surface area contributed by atoms with Gasteiger partial charge in [-0.3, -0.25) is 0 Å². The van der Waals surface area contributed by atoms with Crippen molar-refractivity contribution in [3.63, 3.8) is 0 Å². The molecule has 1 unspecified atom stereocenters. The molecule has 1 nitrogen and oxygen atoms in total. The molecule has 58 valence electrons. The molecule has 0 aromatic rings. The van der Waals surface area contributed by atoms with Crippen LogP contribution in [0.4, 0.5) is 0 Å². The predicted molar refractivity (Wildman–Crippen MR) is 43.7 cm³/mol. The Morgan fingerprint density at radius 1 is 1.60 bits per heavy atom. The minimum atomic E-state index is -0.367. The first-order valence-electron chi connectivity index (χ1n) is 3.57. The van der Waals surface area contributed by atoms with Crippen LogP contribution in [0.3, 0.4) is 0 Å². The van der Waals surface area contributed by atoms with Crippen LogP contribution in [0.5, 0.6) is 0 Å². The minimum absolute atomic E-state index is 0.367. The normalized spacial score (nSPS) is 16.4. The van der Waals surface area contributed by atoms with Crippen molar-refractivity contribution < 1.29 is 4.74 Å². The minimum Gasteiger partial charge on any atom is -0.366 e. The Balaban J connectivity index is 3.97. The lowest BCUT2D eigenvalue weighted by molar-refractivity contribution is 0.0397. The zero-order chi connectivity index (χ0) is 8.20. The van der Waals surface area contributed by atoms with E-state index in [2.05, 4.69) is 19.8 Å². The van der Waals surface area contributed by atoms with Crippen molar-refractivity contribution in [2.75, 3.05) is 7.11 Å². The third-order valence-electron chi connectivity index (χ3n) is 1.55. The number of methoxy groups -OCH3 is 1. The van der Waals surface area contributed by atoms with Gasteiger partial charge in [-0.1, -0.05) is 19.8 Å². The molecule has 1 heteroatoms. The molecule has 0 spiro atoms. The first-order chi connectivity index (χ1) is 4.54. The van der Waals surface area contributed by atoms with Gasteiger partial charge in [0.15, 0.2) is 0 Å². The maximum Gasteiger partial charge on any atom is 0.125 e. The van der Waals surface area contributed by atoms with Crippen LogP contribution < -0.4 is 0 Å². The fourth-order valence-corrected chi connectivity index (χ4v) is 0.980. The van der Waals surface area contributed by atoms with E-state index in [-0.39, 0.29) is 5.60 Å². The smallest absolute Gasteiger partial charge is 0.125 e. The van der Waals surface area contributed by atoms with E-state index in [1.165, 1.54) is 0 Å². The van der Waals surface area contributed by atoms with Crippen molar-refractivity contribution in [1.82, 2.24) is 0 Å². The van der Waals surface area contributed by atoms with Gasteiger partial charge in [0.2, 0.25) is 0 Å². The second kappa shape index (κ2) is 3.63. The van der Waals surface area contributed by atoms with Crippen LogP contribution >= 0.6 is 0 Å². The molecule has 0 aliphatic heterocycles. The molecular formula is C9H16O. The molecule has 0 radical (unpaired) electrons. The Hall–Kier alpha value is -0.480. The number of hydrogen-bond donors (Lipinski definition) is 0. The summed E-state index contributed by atoms with van der Waals surface area (Å²) in [6, 6.07) is 0. The molecule has 0 bridgehead atoms. The molecule has 0 heterocycles. The molecule has 0 N–H and O–H groups in total. The van der Waals surface area contributed by atoms with Crippen LogP contribution in [-0.4, -0.2) is 12.7 Å². The molecule has 0 rings (SSSR count). The summed E-state index contributed by atoms with van der Waals surface area (Å²) in [6.45, 7) is 6.20. The van der Waals surface area contributed by atoms with Crippen LogP contribution in [-0.2, 0) is 4.74 Å². The molecular weight excluding hydrogens is 124 g/mol. The Labute approximate surface area is 63.8 Å². The van der Waals surface area contributed by atoms with E-state index in [9.17, 15) is 0 Å². The second-order valence-corrected chi connectivity index (χ2v) is 3.18. The Morgan fingerprint density at radius 2 is 2.10 bits per heavy atom. The van der Waals surface area contributed by atoms with E-state index >= 15 is 0 Å². The monoisotopic (exact) mass is 140 g/mol. The first kappa shape index (κ1) is 9.52. The highest BCUT2D eigenvalue weighted by Crippen LogP contribution is 2.18. The summed E-state index contributed by atoms with van der Waals surface area (Å²) in [6.07, 6.45) is 6.21. The van der Waals surface area contributed by atoms with Gasteiger partial charge < -0.3 is 4.74 Å². The molecule has 0 amide bonds. The van der Waals surface area contributed by atoms with Crippen molar-refractivity contribution in [3.8, 4) is 12.3 Å². The molecule has 1 atom stereocenters. The summed E-state index contributed by atoms with van der Waals surface area (Å²) in [4.78, 5) is 0. The van der Waals surface area contributed by atoms with Gasteiger partial charge in [0.1, 0.15) is 5.60 Å². The van der Waals surface area contributed by atoms with Gasteiger partial charge >= 0.3 is 0 Å². The van der Waals surface area contributed by atoms with Gasteiger partial charge in [-0.2, -0.15) is 0 Å². The van der Waals surface area contributed by atoms with Crippen LogP contribution in [0, 0.1) is 18.3 Å². The second-order valence-electron chi connectivity index (χ2n) is 3.18. The fourth-order valence-electron chi connectivity index (χ4n) is 0.980. The van der Waals surface area contributed by atoms with E-state index in [0.717, 1.165) is 6.42 Å². The molecule has 0 saturated carbocycles. The predicted octanol–water partition coefficient (Wildman–Crippen LogP) is 2.07. The molecule has 0 aliphatic carbocycles. The van der Waals surface area contributed by atoms with Crippen LogP contribution in [0.2, 0.25) is 0 Å². The SMILES string of the molecule is C#CC(C)(CC(C)C)OC. The van der Waals surface area contributed by atoms with Gasteiger partial charge in [-0.25, -0.2) is 0 Å². The Kier molecular flexibility index (Phi) is 3.46. The average Bonchev–Trinajstić information content (AvgIpc) is 1.87. The zero-order valence-corrected chi connectivity index (χ0v) is 7.27. The van der Waals surface area contributed by atoms with Gasteiger partial charge in [0.25, 0.3) is 0 Å². The maximum atomic E-state index is 5.29. The third kappa shape index (κ3) is 2.89. The van der Waals surface area contributed by atoms with Crippen LogP contribution in [0.25, 0.3) is 0 Å². The van der Waals surface area contributed by atoms with E-state index in [1.807, 2.05) is 6.92 Å². The first-order valence-corrected chi connectivity index (χ1v) is 3.57. The highest BCUT2D eigenvalue weighted by atomic mass is 16.5. The van der Waals surface area contributed by atoms with Gasteiger partial charge in [0.05, 0.1) is 0 Å². The summed E-state index contributed by atoms with van der Waals surface area (Å²) in [5, 5.41) is 0. The Morgan fingerprint density at radius 3 is 2.20 bits per heavy atom. The average molecular weight is 140 g/mol. The highest BCUT2D eigenvalue weighted by Gasteiger charge is 2.20. The van der Waals surface area contributed by atoms with Crippen molar-refractivity contribution in [3.05, 3.63) is 0 Å². The number of hydrogen-bond acceptors (Lipinski definition) is 1. The van der Waals surface area contributed by atoms with E-state index in [4.69, 9.17) is 11.2 Å². The standard InChI is InChI=1S/C9H16O/c1-6-9(4,10-5)7-8(2)3/h1,8H,7H2,2-5H3. The number of rotatable bonds is 3. The molecule has 0 saturated heterocycles. The van der Waals surface area contributed by atoms with E-state index in [1.54, 1.807) is 7.11 Å². The number of terminal acetylenes is 1. The maximum absolute atomic E-state index is 5.29. The Bertz CT molecular complexity index is 132. The summed E-state index contributed by atoms with van der Waals surface area (Å²) < 4.78 is 5.16. The third-order valence-corrected chi connectivity index (χ3v) is 1.55. The van der Waals surface area contributed by atoms with Gasteiger partial charge in [-0.05, 0) is 19.3 Å².